The number of allylic oxidation sites excluding steroid dienone is 4. The molecule has 1 unspecified atom stereocenters. The summed E-state index contributed by atoms with van der Waals surface area (Å²) >= 11 is 0. The standard InChI is InChI=1S/C26H26N2O2.2ClH/c1-28-17-16-27-25(24-8-3-4-9-26(24)28)15-12-20-6-5-7-23(18-20)30-19-21-10-13-22(29-2)14-11-21;;/h3-17,23H,18-19H2,1-2H3;2*1H/b15-12+;;. The van der Waals surface area contributed by atoms with Crippen LogP contribution in [-0.4, -0.2) is 26.0 Å². The minimum absolute atomic E-state index is 0. The van der Waals surface area contributed by atoms with Crippen LogP contribution in [0.25, 0.3) is 0 Å². The zero-order valence-electron chi connectivity index (χ0n) is 18.2. The lowest BCUT2D eigenvalue weighted by Crippen LogP contribution is -2.13. The van der Waals surface area contributed by atoms with Crippen LogP contribution in [0.4, 0.5) is 5.69 Å². The Labute approximate surface area is 202 Å². The number of hydrogen-bond acceptors (Lipinski definition) is 4. The van der Waals surface area contributed by atoms with Crippen molar-refractivity contribution in [1.82, 2.24) is 0 Å². The molecule has 0 N–H and O–H groups in total. The van der Waals surface area contributed by atoms with Crippen molar-refractivity contribution >= 4 is 36.2 Å². The molecule has 0 spiro atoms. The third-order valence-corrected chi connectivity index (χ3v) is 5.22. The maximum Gasteiger partial charge on any atom is 0.118 e. The number of anilines is 1. The van der Waals surface area contributed by atoms with Crippen LogP contribution in [0.1, 0.15) is 17.5 Å². The Hall–Kier alpha value is -2.79. The van der Waals surface area contributed by atoms with E-state index in [1.165, 1.54) is 5.57 Å². The van der Waals surface area contributed by atoms with Crippen LogP contribution >= 0.6 is 24.8 Å². The summed E-state index contributed by atoms with van der Waals surface area (Å²) in [6.45, 7) is 0.577. The van der Waals surface area contributed by atoms with Crippen LogP contribution in [0.5, 0.6) is 5.75 Å². The second kappa shape index (κ2) is 12.3. The lowest BCUT2D eigenvalue weighted by molar-refractivity contribution is 0.0720. The van der Waals surface area contributed by atoms with Gasteiger partial charge in [0.25, 0.3) is 0 Å². The molecule has 0 aromatic heterocycles. The maximum atomic E-state index is 6.10. The fourth-order valence-corrected chi connectivity index (χ4v) is 3.51. The van der Waals surface area contributed by atoms with E-state index in [4.69, 9.17) is 9.47 Å². The molecule has 4 rings (SSSR count). The predicted octanol–water partition coefficient (Wildman–Crippen LogP) is 6.28. The molecule has 32 heavy (non-hydrogen) atoms. The highest BCUT2D eigenvalue weighted by Gasteiger charge is 2.13. The molecule has 0 radical (unpaired) electrons. The Morgan fingerprint density at radius 3 is 2.62 bits per heavy atom. The van der Waals surface area contributed by atoms with E-state index in [1.54, 1.807) is 7.11 Å². The van der Waals surface area contributed by atoms with Gasteiger partial charge < -0.3 is 14.4 Å². The van der Waals surface area contributed by atoms with E-state index >= 15 is 0 Å². The summed E-state index contributed by atoms with van der Waals surface area (Å²) in [7, 11) is 3.71. The first-order valence-electron chi connectivity index (χ1n) is 10.1. The molecule has 2 aromatic carbocycles. The molecule has 0 amide bonds. The van der Waals surface area contributed by atoms with E-state index in [2.05, 4.69) is 58.5 Å². The zero-order valence-corrected chi connectivity index (χ0v) is 19.8. The Balaban J connectivity index is 0.00000181. The van der Waals surface area contributed by atoms with E-state index in [1.807, 2.05) is 49.8 Å². The molecule has 0 bridgehead atoms. The highest BCUT2D eigenvalue weighted by atomic mass is 35.5. The quantitative estimate of drug-likeness (QED) is 0.498. The highest BCUT2D eigenvalue weighted by Crippen LogP contribution is 2.24. The van der Waals surface area contributed by atoms with Gasteiger partial charge in [-0.3, -0.25) is 4.99 Å². The van der Waals surface area contributed by atoms with Gasteiger partial charge in [-0.1, -0.05) is 54.6 Å². The number of rotatable bonds is 6. The van der Waals surface area contributed by atoms with E-state index < -0.39 is 0 Å². The van der Waals surface area contributed by atoms with Gasteiger partial charge in [-0.15, -0.1) is 24.8 Å². The number of halogens is 2. The summed E-state index contributed by atoms with van der Waals surface area (Å²) in [5, 5.41) is 0. The second-order valence-corrected chi connectivity index (χ2v) is 7.30. The maximum absolute atomic E-state index is 6.10. The van der Waals surface area contributed by atoms with Gasteiger partial charge in [0.2, 0.25) is 0 Å². The Kier molecular flexibility index (Phi) is 9.79. The van der Waals surface area contributed by atoms with Crippen molar-refractivity contribution in [2.75, 3.05) is 19.1 Å². The van der Waals surface area contributed by atoms with Crippen LogP contribution in [0.15, 0.2) is 102 Å². The number of benzene rings is 2. The largest absolute Gasteiger partial charge is 0.497 e. The van der Waals surface area contributed by atoms with Crippen LogP contribution in [-0.2, 0) is 11.3 Å². The first-order valence-corrected chi connectivity index (χ1v) is 10.1. The summed E-state index contributed by atoms with van der Waals surface area (Å²) in [6.07, 6.45) is 15.3. The minimum atomic E-state index is 0. The van der Waals surface area contributed by atoms with Crippen molar-refractivity contribution < 1.29 is 9.47 Å². The SMILES string of the molecule is COc1ccc(COC2C=CC=C(/C=C/C3=NC=CN(C)c4ccccc43)C2)cc1.Cl.Cl. The molecule has 1 heterocycles. The number of methoxy groups -OCH3 is 1. The highest BCUT2D eigenvalue weighted by molar-refractivity contribution is 6.13. The fraction of sp³-hybridized carbons (Fsp3) is 0.192. The fourth-order valence-electron chi connectivity index (χ4n) is 3.51. The van der Waals surface area contributed by atoms with E-state index in [9.17, 15) is 0 Å². The predicted molar refractivity (Wildman–Crippen MR) is 138 cm³/mol. The summed E-state index contributed by atoms with van der Waals surface area (Å²) in [4.78, 5) is 6.72. The van der Waals surface area contributed by atoms with Gasteiger partial charge >= 0.3 is 0 Å². The van der Waals surface area contributed by atoms with Gasteiger partial charge in [-0.2, -0.15) is 0 Å². The Bertz CT molecular complexity index is 1040. The van der Waals surface area contributed by atoms with Crippen LogP contribution in [0, 0.1) is 0 Å². The van der Waals surface area contributed by atoms with Gasteiger partial charge in [0.15, 0.2) is 0 Å². The molecule has 2 aromatic rings. The third kappa shape index (κ3) is 6.36. The smallest absolute Gasteiger partial charge is 0.118 e. The third-order valence-electron chi connectivity index (χ3n) is 5.22. The molecule has 4 nitrogen and oxygen atoms in total. The summed E-state index contributed by atoms with van der Waals surface area (Å²) < 4.78 is 11.3. The molecule has 0 saturated heterocycles. The first kappa shape index (κ1) is 25.5. The molecule has 1 aliphatic heterocycles. The molecule has 0 saturated carbocycles. The molecule has 2 aliphatic rings. The Morgan fingerprint density at radius 1 is 1.06 bits per heavy atom. The molecule has 0 fully saturated rings. The van der Waals surface area contributed by atoms with Gasteiger partial charge in [0.05, 0.1) is 25.5 Å². The van der Waals surface area contributed by atoms with Crippen LogP contribution in [0.2, 0.25) is 0 Å². The van der Waals surface area contributed by atoms with Crippen molar-refractivity contribution in [3.8, 4) is 5.75 Å². The average Bonchev–Trinajstić information content (AvgIpc) is 2.96. The number of nitrogens with zero attached hydrogens (tertiary/aromatic N) is 2. The first-order chi connectivity index (χ1) is 14.7. The zero-order chi connectivity index (χ0) is 20.8. The van der Waals surface area contributed by atoms with E-state index in [0.717, 1.165) is 34.7 Å². The molecular formula is C26H28Cl2N2O2. The molecule has 1 aliphatic carbocycles. The lowest BCUT2D eigenvalue weighted by Gasteiger charge is -2.18. The molecular weight excluding hydrogens is 443 g/mol. The number of fused-ring (bicyclic) bond motifs is 1. The van der Waals surface area contributed by atoms with Crippen LogP contribution < -0.4 is 9.64 Å². The molecule has 6 heteroatoms. The summed E-state index contributed by atoms with van der Waals surface area (Å²) in [5.74, 6) is 0.857. The van der Waals surface area contributed by atoms with E-state index in [0.29, 0.717) is 6.61 Å². The van der Waals surface area contributed by atoms with Gasteiger partial charge in [0, 0.05) is 37.1 Å². The molecule has 1 atom stereocenters. The Morgan fingerprint density at radius 2 is 1.84 bits per heavy atom. The van der Waals surface area contributed by atoms with Crippen LogP contribution in [0.3, 0.4) is 0 Å². The van der Waals surface area contributed by atoms with Gasteiger partial charge in [-0.25, -0.2) is 0 Å². The number of ether oxygens (including phenoxy) is 2. The number of para-hydroxylation sites is 1. The number of hydrogen-bond donors (Lipinski definition) is 0. The topological polar surface area (TPSA) is 34.1 Å². The average molecular weight is 471 g/mol. The minimum Gasteiger partial charge on any atom is -0.497 e. The normalized spacial score (nSPS) is 16.9. The summed E-state index contributed by atoms with van der Waals surface area (Å²) in [5.41, 5.74) is 5.58. The number of aliphatic imine (C=N–C) groups is 1. The van der Waals surface area contributed by atoms with Crippen molar-refractivity contribution in [2.24, 2.45) is 4.99 Å². The van der Waals surface area contributed by atoms with E-state index in [-0.39, 0.29) is 30.9 Å². The van der Waals surface area contributed by atoms with Crippen molar-refractivity contribution in [3.63, 3.8) is 0 Å². The monoisotopic (exact) mass is 470 g/mol. The lowest BCUT2D eigenvalue weighted by atomic mass is 10.00. The van der Waals surface area contributed by atoms with Crippen molar-refractivity contribution in [3.05, 3.63) is 108 Å². The second-order valence-electron chi connectivity index (χ2n) is 7.30. The summed E-state index contributed by atoms with van der Waals surface area (Å²) in [6, 6.07) is 16.3. The van der Waals surface area contributed by atoms with Gasteiger partial charge in [0.1, 0.15) is 5.75 Å². The van der Waals surface area contributed by atoms with Crippen molar-refractivity contribution in [1.29, 1.82) is 0 Å². The van der Waals surface area contributed by atoms with Gasteiger partial charge in [-0.05, 0) is 35.4 Å². The molecule has 168 valence electrons. The van der Waals surface area contributed by atoms with Crippen molar-refractivity contribution in [2.45, 2.75) is 19.1 Å².